The first-order valence-corrected chi connectivity index (χ1v) is 7.81. The lowest BCUT2D eigenvalue weighted by molar-refractivity contribution is -0.142. The highest BCUT2D eigenvalue weighted by atomic mass is 79.9. The zero-order valence-corrected chi connectivity index (χ0v) is 13.4. The van der Waals surface area contributed by atoms with Gasteiger partial charge in [0.2, 0.25) is 0 Å². The van der Waals surface area contributed by atoms with E-state index < -0.39 is 5.97 Å². The van der Waals surface area contributed by atoms with E-state index in [1.807, 2.05) is 25.1 Å². The highest BCUT2D eigenvalue weighted by Crippen LogP contribution is 2.25. The molecule has 3 N–H and O–H groups in total. The summed E-state index contributed by atoms with van der Waals surface area (Å²) < 4.78 is 0.908. The molecule has 5 nitrogen and oxygen atoms in total. The summed E-state index contributed by atoms with van der Waals surface area (Å²) in [6, 6.07) is 5.52. The minimum absolute atomic E-state index is 0.0491. The van der Waals surface area contributed by atoms with Crippen LogP contribution in [0.1, 0.15) is 31.2 Å². The van der Waals surface area contributed by atoms with Crippen LogP contribution in [0.4, 0.5) is 10.5 Å². The molecule has 2 rings (SSSR count). The van der Waals surface area contributed by atoms with Crippen molar-refractivity contribution in [2.75, 3.05) is 5.32 Å². The predicted molar refractivity (Wildman–Crippen MR) is 84.4 cm³/mol. The maximum Gasteiger partial charge on any atom is 0.319 e. The molecule has 1 aromatic rings. The summed E-state index contributed by atoms with van der Waals surface area (Å²) in [5, 5.41) is 14.7. The fraction of sp³-hybridized carbons (Fsp3) is 0.467. The van der Waals surface area contributed by atoms with E-state index in [0.29, 0.717) is 25.7 Å². The molecule has 0 aromatic heterocycles. The molecule has 1 fully saturated rings. The monoisotopic (exact) mass is 354 g/mol. The van der Waals surface area contributed by atoms with E-state index in [1.54, 1.807) is 0 Å². The van der Waals surface area contributed by atoms with E-state index >= 15 is 0 Å². The van der Waals surface area contributed by atoms with Gasteiger partial charge in [0.05, 0.1) is 5.92 Å². The number of amides is 2. The number of hydrogen-bond donors (Lipinski definition) is 3. The molecule has 1 aliphatic carbocycles. The van der Waals surface area contributed by atoms with Gasteiger partial charge in [0, 0.05) is 16.2 Å². The van der Waals surface area contributed by atoms with Gasteiger partial charge in [-0.05, 0) is 50.3 Å². The van der Waals surface area contributed by atoms with Crippen LogP contribution in [0.25, 0.3) is 0 Å². The average molecular weight is 355 g/mol. The van der Waals surface area contributed by atoms with Crippen LogP contribution >= 0.6 is 15.9 Å². The molecule has 0 bridgehead atoms. The summed E-state index contributed by atoms with van der Waals surface area (Å²) in [5.41, 5.74) is 1.75. The molecule has 114 valence electrons. The molecule has 0 saturated heterocycles. The van der Waals surface area contributed by atoms with Crippen LogP contribution in [0.15, 0.2) is 22.7 Å². The highest BCUT2D eigenvalue weighted by Gasteiger charge is 2.26. The van der Waals surface area contributed by atoms with Crippen LogP contribution in [0.5, 0.6) is 0 Å². The summed E-state index contributed by atoms with van der Waals surface area (Å²) in [4.78, 5) is 22.9. The number of halogens is 1. The lowest BCUT2D eigenvalue weighted by Crippen LogP contribution is -2.41. The third-order valence-corrected chi connectivity index (χ3v) is 4.35. The molecule has 0 heterocycles. The summed E-state index contributed by atoms with van der Waals surface area (Å²) in [6.45, 7) is 1.93. The van der Waals surface area contributed by atoms with Crippen LogP contribution in [0.3, 0.4) is 0 Å². The van der Waals surface area contributed by atoms with Crippen LogP contribution in [-0.4, -0.2) is 23.1 Å². The van der Waals surface area contributed by atoms with Crippen LogP contribution in [-0.2, 0) is 4.79 Å². The largest absolute Gasteiger partial charge is 0.481 e. The van der Waals surface area contributed by atoms with Crippen molar-refractivity contribution in [3.05, 3.63) is 28.2 Å². The number of benzene rings is 1. The Morgan fingerprint density at radius 2 is 1.90 bits per heavy atom. The van der Waals surface area contributed by atoms with Crippen molar-refractivity contribution in [3.63, 3.8) is 0 Å². The number of anilines is 1. The van der Waals surface area contributed by atoms with Gasteiger partial charge in [-0.25, -0.2) is 4.79 Å². The molecular weight excluding hydrogens is 336 g/mol. The molecule has 0 unspecified atom stereocenters. The van der Waals surface area contributed by atoms with Crippen LogP contribution in [0.2, 0.25) is 0 Å². The number of aliphatic carboxylic acids is 1. The Hall–Kier alpha value is -1.56. The van der Waals surface area contributed by atoms with Gasteiger partial charge < -0.3 is 15.7 Å². The SMILES string of the molecule is Cc1ccc(Br)cc1NC(=O)NC1CCC(C(=O)O)CC1. The number of carboxylic acids is 1. The summed E-state index contributed by atoms with van der Waals surface area (Å²) >= 11 is 3.38. The predicted octanol–water partition coefficient (Wildman–Crippen LogP) is 3.52. The molecule has 1 aliphatic rings. The minimum Gasteiger partial charge on any atom is -0.481 e. The molecule has 0 aliphatic heterocycles. The molecule has 0 spiro atoms. The summed E-state index contributed by atoms with van der Waals surface area (Å²) in [6.07, 6.45) is 2.66. The summed E-state index contributed by atoms with van der Waals surface area (Å²) in [5.74, 6) is -0.999. The zero-order valence-electron chi connectivity index (χ0n) is 11.9. The molecule has 6 heteroatoms. The van der Waals surface area contributed by atoms with Crippen molar-refractivity contribution in [3.8, 4) is 0 Å². The Morgan fingerprint density at radius 1 is 1.24 bits per heavy atom. The Labute approximate surface area is 132 Å². The number of urea groups is 1. The number of rotatable bonds is 3. The van der Waals surface area contributed by atoms with E-state index in [1.165, 1.54) is 0 Å². The third kappa shape index (κ3) is 4.46. The van der Waals surface area contributed by atoms with Gasteiger partial charge in [0.1, 0.15) is 0 Å². The maximum absolute atomic E-state index is 12.0. The lowest BCUT2D eigenvalue weighted by atomic mass is 9.86. The smallest absolute Gasteiger partial charge is 0.319 e. The van der Waals surface area contributed by atoms with Crippen molar-refractivity contribution in [2.45, 2.75) is 38.6 Å². The van der Waals surface area contributed by atoms with Crippen molar-refractivity contribution < 1.29 is 14.7 Å². The normalized spacial score (nSPS) is 21.6. The number of carboxylic acid groups (broad SMARTS) is 1. The topological polar surface area (TPSA) is 78.4 Å². The van der Waals surface area contributed by atoms with E-state index in [4.69, 9.17) is 5.11 Å². The van der Waals surface area contributed by atoms with Gasteiger partial charge in [0.25, 0.3) is 0 Å². The van der Waals surface area contributed by atoms with Crippen molar-refractivity contribution >= 4 is 33.6 Å². The van der Waals surface area contributed by atoms with Crippen LogP contribution < -0.4 is 10.6 Å². The molecule has 2 amide bonds. The minimum atomic E-state index is -0.734. The number of hydrogen-bond acceptors (Lipinski definition) is 2. The Balaban J connectivity index is 1.85. The fourth-order valence-corrected chi connectivity index (χ4v) is 2.92. The van der Waals surface area contributed by atoms with Gasteiger partial charge in [-0.15, -0.1) is 0 Å². The Morgan fingerprint density at radius 3 is 2.52 bits per heavy atom. The Kier molecular flexibility index (Phi) is 5.22. The lowest BCUT2D eigenvalue weighted by Gasteiger charge is -2.27. The second-order valence-corrected chi connectivity index (χ2v) is 6.36. The molecular formula is C15H19BrN2O3. The number of carbonyl (C=O) groups excluding carboxylic acids is 1. The molecule has 21 heavy (non-hydrogen) atoms. The second kappa shape index (κ2) is 6.93. The van der Waals surface area contributed by atoms with Crippen molar-refractivity contribution in [1.82, 2.24) is 5.32 Å². The zero-order chi connectivity index (χ0) is 15.4. The van der Waals surface area contributed by atoms with E-state index in [-0.39, 0.29) is 18.0 Å². The number of aryl methyl sites for hydroxylation is 1. The van der Waals surface area contributed by atoms with Crippen molar-refractivity contribution in [2.24, 2.45) is 5.92 Å². The van der Waals surface area contributed by atoms with E-state index in [9.17, 15) is 9.59 Å². The fourth-order valence-electron chi connectivity index (χ4n) is 2.56. The second-order valence-electron chi connectivity index (χ2n) is 5.44. The first-order valence-electron chi connectivity index (χ1n) is 7.02. The van der Waals surface area contributed by atoms with Crippen LogP contribution in [0, 0.1) is 12.8 Å². The average Bonchev–Trinajstić information content (AvgIpc) is 2.43. The number of carbonyl (C=O) groups is 2. The molecule has 0 radical (unpaired) electrons. The standard InChI is InChI=1S/C15H19BrN2O3/c1-9-2-5-11(16)8-13(9)18-15(21)17-12-6-3-10(4-7-12)14(19)20/h2,5,8,10,12H,3-4,6-7H2,1H3,(H,19,20)(H2,17,18,21). The molecule has 1 saturated carbocycles. The van der Waals surface area contributed by atoms with Gasteiger partial charge in [-0.2, -0.15) is 0 Å². The van der Waals surface area contributed by atoms with Gasteiger partial charge >= 0.3 is 12.0 Å². The summed E-state index contributed by atoms with van der Waals surface area (Å²) in [7, 11) is 0. The van der Waals surface area contributed by atoms with Crippen molar-refractivity contribution in [1.29, 1.82) is 0 Å². The Bertz CT molecular complexity index is 540. The van der Waals surface area contributed by atoms with Gasteiger partial charge in [-0.3, -0.25) is 4.79 Å². The first-order chi connectivity index (χ1) is 9.95. The van der Waals surface area contributed by atoms with E-state index in [0.717, 1.165) is 15.7 Å². The van der Waals surface area contributed by atoms with Gasteiger partial charge in [-0.1, -0.05) is 22.0 Å². The first kappa shape index (κ1) is 15.8. The molecule has 0 atom stereocenters. The highest BCUT2D eigenvalue weighted by molar-refractivity contribution is 9.10. The maximum atomic E-state index is 12.0. The van der Waals surface area contributed by atoms with E-state index in [2.05, 4.69) is 26.6 Å². The molecule has 1 aromatic carbocycles. The third-order valence-electron chi connectivity index (χ3n) is 3.86. The quantitative estimate of drug-likeness (QED) is 0.776. The number of nitrogens with one attached hydrogen (secondary N) is 2. The van der Waals surface area contributed by atoms with Gasteiger partial charge in [0.15, 0.2) is 0 Å².